The van der Waals surface area contributed by atoms with Crippen LogP contribution in [0.5, 0.6) is 0 Å². The van der Waals surface area contributed by atoms with E-state index < -0.39 is 11.4 Å². The van der Waals surface area contributed by atoms with Gasteiger partial charge in [-0.05, 0) is 43.0 Å². The number of carboxylic acids is 1. The van der Waals surface area contributed by atoms with Gasteiger partial charge in [0, 0.05) is 24.3 Å². The summed E-state index contributed by atoms with van der Waals surface area (Å²) in [5.41, 5.74) is 0.710. The van der Waals surface area contributed by atoms with Gasteiger partial charge in [-0.3, -0.25) is 14.2 Å². The maximum absolute atomic E-state index is 12.7. The van der Waals surface area contributed by atoms with E-state index in [2.05, 4.69) is 10.2 Å². The summed E-state index contributed by atoms with van der Waals surface area (Å²) in [5, 5.41) is 17.1. The van der Waals surface area contributed by atoms with Gasteiger partial charge in [0.15, 0.2) is 0 Å². The number of hydrogen-bond acceptors (Lipinski definition) is 4. The Morgan fingerprint density at radius 2 is 1.88 bits per heavy atom. The molecule has 7 nitrogen and oxygen atoms in total. The van der Waals surface area contributed by atoms with Crippen LogP contribution in [0.15, 0.2) is 36.9 Å². The number of hydrogen-bond donors (Lipinski definition) is 1. The molecule has 1 saturated carbocycles. The molecular formula is C17H18N4O3. The zero-order chi connectivity index (χ0) is 16.7. The Kier molecular flexibility index (Phi) is 3.37. The molecule has 7 heteroatoms. The van der Waals surface area contributed by atoms with Crippen LogP contribution in [0.4, 0.5) is 0 Å². The first-order valence-corrected chi connectivity index (χ1v) is 8.08. The lowest BCUT2D eigenvalue weighted by Crippen LogP contribution is -2.37. The first-order chi connectivity index (χ1) is 11.6. The molecule has 2 aromatic rings. The number of carbonyl (C=O) groups is 2. The van der Waals surface area contributed by atoms with Crippen molar-refractivity contribution in [2.45, 2.75) is 19.3 Å². The van der Waals surface area contributed by atoms with Gasteiger partial charge in [-0.2, -0.15) is 0 Å². The summed E-state index contributed by atoms with van der Waals surface area (Å²) in [6, 6.07) is 7.19. The van der Waals surface area contributed by atoms with Gasteiger partial charge in [0.05, 0.1) is 5.41 Å². The van der Waals surface area contributed by atoms with Crippen molar-refractivity contribution in [3.63, 3.8) is 0 Å². The molecule has 0 radical (unpaired) electrons. The molecule has 2 heterocycles. The number of likely N-dealkylation sites (tertiary alicyclic amines) is 1. The maximum Gasteiger partial charge on any atom is 0.311 e. The van der Waals surface area contributed by atoms with Gasteiger partial charge in [0.2, 0.25) is 0 Å². The normalized spacial score (nSPS) is 25.7. The highest BCUT2D eigenvalue weighted by atomic mass is 16.4. The summed E-state index contributed by atoms with van der Waals surface area (Å²) in [6.45, 7) is 0.858. The predicted octanol–water partition coefficient (Wildman–Crippen LogP) is 1.59. The van der Waals surface area contributed by atoms with Crippen molar-refractivity contribution in [2.75, 3.05) is 13.1 Å². The summed E-state index contributed by atoms with van der Waals surface area (Å²) in [4.78, 5) is 26.2. The van der Waals surface area contributed by atoms with E-state index in [4.69, 9.17) is 0 Å². The maximum atomic E-state index is 12.7. The van der Waals surface area contributed by atoms with Crippen molar-refractivity contribution in [1.82, 2.24) is 19.7 Å². The molecule has 2 fully saturated rings. The number of amides is 1. The lowest BCUT2D eigenvalue weighted by molar-refractivity contribution is -0.149. The van der Waals surface area contributed by atoms with Crippen molar-refractivity contribution in [3.8, 4) is 5.69 Å². The molecule has 1 aromatic carbocycles. The van der Waals surface area contributed by atoms with Crippen molar-refractivity contribution in [1.29, 1.82) is 0 Å². The highest BCUT2D eigenvalue weighted by Crippen LogP contribution is 2.49. The summed E-state index contributed by atoms with van der Waals surface area (Å²) in [6.07, 6.45) is 5.68. The van der Waals surface area contributed by atoms with Crippen LogP contribution in [0.25, 0.3) is 5.69 Å². The summed E-state index contributed by atoms with van der Waals surface area (Å²) >= 11 is 0. The third-order valence-corrected chi connectivity index (χ3v) is 5.42. The van der Waals surface area contributed by atoms with E-state index in [1.54, 1.807) is 34.3 Å². The fraction of sp³-hybridized carbons (Fsp3) is 0.412. The molecule has 0 unspecified atom stereocenters. The van der Waals surface area contributed by atoms with Gasteiger partial charge >= 0.3 is 5.97 Å². The number of benzene rings is 1. The molecule has 1 amide bonds. The molecule has 0 bridgehead atoms. The van der Waals surface area contributed by atoms with E-state index in [0.717, 1.165) is 18.5 Å². The standard InChI is InChI=1S/C17H18N4O3/c22-15(12-3-5-14(6-4-12)21-10-18-19-11-21)20-8-13-2-1-7-17(13,9-20)16(23)24/h3-6,10-11,13H,1-2,7-9H2,(H,23,24)/t13-,17+/m0/s1. The second kappa shape index (κ2) is 5.43. The summed E-state index contributed by atoms with van der Waals surface area (Å²) in [5.74, 6) is -0.779. The highest BCUT2D eigenvalue weighted by Gasteiger charge is 2.55. The van der Waals surface area contributed by atoms with Crippen molar-refractivity contribution in [2.24, 2.45) is 11.3 Å². The molecule has 24 heavy (non-hydrogen) atoms. The second-order valence-electron chi connectivity index (χ2n) is 6.65. The monoisotopic (exact) mass is 326 g/mol. The van der Waals surface area contributed by atoms with Crippen molar-refractivity contribution >= 4 is 11.9 Å². The fourth-order valence-corrected chi connectivity index (χ4v) is 4.09. The van der Waals surface area contributed by atoms with Gasteiger partial charge < -0.3 is 10.0 Å². The molecule has 1 aliphatic heterocycles. The van der Waals surface area contributed by atoms with Gasteiger partial charge in [-0.1, -0.05) is 6.42 Å². The first-order valence-electron chi connectivity index (χ1n) is 8.08. The van der Waals surface area contributed by atoms with Gasteiger partial charge in [-0.15, -0.1) is 10.2 Å². The quantitative estimate of drug-likeness (QED) is 0.925. The largest absolute Gasteiger partial charge is 0.481 e. The number of carbonyl (C=O) groups excluding carboxylic acids is 1. The Balaban J connectivity index is 1.53. The van der Waals surface area contributed by atoms with Crippen molar-refractivity contribution in [3.05, 3.63) is 42.5 Å². The van der Waals surface area contributed by atoms with Crippen molar-refractivity contribution < 1.29 is 14.7 Å². The average Bonchev–Trinajstić information content (AvgIpc) is 3.29. The molecule has 1 aromatic heterocycles. The highest BCUT2D eigenvalue weighted by molar-refractivity contribution is 5.95. The molecule has 4 rings (SSSR count). The number of rotatable bonds is 3. The van der Waals surface area contributed by atoms with Crippen LogP contribution in [0.1, 0.15) is 29.6 Å². The Bertz CT molecular complexity index is 772. The van der Waals surface area contributed by atoms with E-state index in [9.17, 15) is 14.7 Å². The number of nitrogens with zero attached hydrogens (tertiary/aromatic N) is 4. The molecule has 2 atom stereocenters. The minimum absolute atomic E-state index is 0.0789. The molecule has 1 N–H and O–H groups in total. The van der Waals surface area contributed by atoms with Crippen LogP contribution in [-0.2, 0) is 4.79 Å². The summed E-state index contributed by atoms with van der Waals surface area (Å²) in [7, 11) is 0. The minimum Gasteiger partial charge on any atom is -0.481 e. The fourth-order valence-electron chi connectivity index (χ4n) is 4.09. The smallest absolute Gasteiger partial charge is 0.311 e. The third kappa shape index (κ3) is 2.19. The van der Waals surface area contributed by atoms with Crippen LogP contribution in [-0.4, -0.2) is 49.7 Å². The van der Waals surface area contributed by atoms with E-state index >= 15 is 0 Å². The van der Waals surface area contributed by atoms with Crippen LogP contribution >= 0.6 is 0 Å². The molecule has 2 aliphatic rings. The van der Waals surface area contributed by atoms with E-state index in [-0.39, 0.29) is 11.8 Å². The minimum atomic E-state index is -0.761. The summed E-state index contributed by atoms with van der Waals surface area (Å²) < 4.78 is 1.76. The number of aromatic nitrogens is 3. The molecule has 0 spiro atoms. The Morgan fingerprint density at radius 3 is 2.50 bits per heavy atom. The zero-order valence-corrected chi connectivity index (χ0v) is 13.1. The van der Waals surface area contributed by atoms with E-state index in [0.29, 0.717) is 25.1 Å². The zero-order valence-electron chi connectivity index (χ0n) is 13.1. The third-order valence-electron chi connectivity index (χ3n) is 5.42. The number of aliphatic carboxylic acids is 1. The second-order valence-corrected chi connectivity index (χ2v) is 6.65. The topological polar surface area (TPSA) is 88.3 Å². The van der Waals surface area contributed by atoms with E-state index in [1.165, 1.54) is 0 Å². The lowest BCUT2D eigenvalue weighted by Gasteiger charge is -2.23. The average molecular weight is 326 g/mol. The molecule has 1 saturated heterocycles. The number of carboxylic acid groups (broad SMARTS) is 1. The first kappa shape index (κ1) is 14.9. The van der Waals surface area contributed by atoms with Crippen LogP contribution in [0.3, 0.4) is 0 Å². The number of fused-ring (bicyclic) bond motifs is 1. The van der Waals surface area contributed by atoms with Gasteiger partial charge in [-0.25, -0.2) is 0 Å². The molecular weight excluding hydrogens is 308 g/mol. The predicted molar refractivity (Wildman–Crippen MR) is 84.7 cm³/mol. The van der Waals surface area contributed by atoms with Gasteiger partial charge in [0.1, 0.15) is 12.7 Å². The Morgan fingerprint density at radius 1 is 1.17 bits per heavy atom. The molecule has 1 aliphatic carbocycles. The van der Waals surface area contributed by atoms with Crippen LogP contribution in [0, 0.1) is 11.3 Å². The Labute approximate surface area is 138 Å². The van der Waals surface area contributed by atoms with E-state index in [1.807, 2.05) is 12.1 Å². The Hall–Kier alpha value is -2.70. The lowest BCUT2D eigenvalue weighted by atomic mass is 9.81. The van der Waals surface area contributed by atoms with Gasteiger partial charge in [0.25, 0.3) is 5.91 Å². The SMILES string of the molecule is O=C(c1ccc(-n2cnnc2)cc1)N1C[C@@H]2CCC[C@@]2(C(=O)O)C1. The van der Waals surface area contributed by atoms with Crippen LogP contribution in [0.2, 0.25) is 0 Å². The van der Waals surface area contributed by atoms with Crippen LogP contribution < -0.4 is 0 Å². The molecule has 124 valence electrons.